The zero-order chi connectivity index (χ0) is 28.8. The van der Waals surface area contributed by atoms with E-state index in [1.54, 1.807) is 0 Å². The molecule has 2 saturated heterocycles. The van der Waals surface area contributed by atoms with E-state index in [-0.39, 0.29) is 18.5 Å². The summed E-state index contributed by atoms with van der Waals surface area (Å²) in [7, 11) is 0. The lowest BCUT2D eigenvalue weighted by molar-refractivity contribution is 0.314. The minimum atomic E-state index is 0.0444. The maximum absolute atomic E-state index is 6.29. The molecule has 10 rings (SSSR count). The first-order valence-corrected chi connectivity index (χ1v) is 15.2. The Labute approximate surface area is 254 Å². The van der Waals surface area contributed by atoms with Crippen LogP contribution in [0, 0.1) is 0 Å². The third-order valence-electron chi connectivity index (χ3n) is 9.39. The first-order chi connectivity index (χ1) is 21.8. The smallest absolute Gasteiger partial charge is 0.136 e. The molecule has 4 heterocycles. The molecule has 0 spiro atoms. The zero-order valence-corrected chi connectivity index (χ0v) is 23.8. The fourth-order valence-electron chi connectivity index (χ4n) is 7.41. The van der Waals surface area contributed by atoms with E-state index in [4.69, 9.17) is 4.42 Å². The van der Waals surface area contributed by atoms with Gasteiger partial charge in [0.25, 0.3) is 0 Å². The molecule has 2 aliphatic heterocycles. The summed E-state index contributed by atoms with van der Waals surface area (Å²) in [5.41, 5.74) is 9.19. The second-order valence-corrected chi connectivity index (χ2v) is 11.8. The zero-order valence-electron chi connectivity index (χ0n) is 23.8. The van der Waals surface area contributed by atoms with Crippen molar-refractivity contribution in [3.05, 3.63) is 162 Å². The molecule has 2 fully saturated rings. The van der Waals surface area contributed by atoms with Crippen LogP contribution in [0.4, 0.5) is 0 Å². The summed E-state index contributed by atoms with van der Waals surface area (Å²) in [4.78, 5) is 0. The average Bonchev–Trinajstić information content (AvgIpc) is 3.35. The van der Waals surface area contributed by atoms with Crippen LogP contribution in [-0.2, 0) is 0 Å². The van der Waals surface area contributed by atoms with E-state index >= 15 is 0 Å². The predicted molar refractivity (Wildman–Crippen MR) is 176 cm³/mol. The molecule has 6 aromatic carbocycles. The summed E-state index contributed by atoms with van der Waals surface area (Å²) in [5.74, 6) is 0. The van der Waals surface area contributed by atoms with E-state index in [9.17, 15) is 0 Å². The van der Waals surface area contributed by atoms with E-state index in [1.165, 1.54) is 38.5 Å². The Kier molecular flexibility index (Phi) is 5.05. The summed E-state index contributed by atoms with van der Waals surface area (Å²) in [6.45, 7) is 0. The third-order valence-corrected chi connectivity index (χ3v) is 9.39. The maximum atomic E-state index is 6.29. The standard InChI is InChI=1S/C39H28N4O/c1-3-12-25(13-4-1)37-40-38(43-39(42(37)43)26-14-5-2-6-15-26)27-16-11-17-28(22-27)41-33-20-9-7-18-29(33)31-24-36-32(23-34(31)41)30-19-8-10-21-35(30)44-36/h1-24,37-40H. The lowest BCUT2D eigenvalue weighted by Crippen LogP contribution is -2.27. The largest absolute Gasteiger partial charge is 0.456 e. The van der Waals surface area contributed by atoms with E-state index in [1.807, 2.05) is 12.1 Å². The van der Waals surface area contributed by atoms with Crippen molar-refractivity contribution in [2.45, 2.75) is 18.5 Å². The molecule has 8 aromatic rings. The van der Waals surface area contributed by atoms with Crippen LogP contribution in [0.5, 0.6) is 0 Å². The van der Waals surface area contributed by atoms with Gasteiger partial charge in [0.1, 0.15) is 29.7 Å². The molecule has 0 bridgehead atoms. The molecule has 2 aliphatic rings. The maximum Gasteiger partial charge on any atom is 0.136 e. The van der Waals surface area contributed by atoms with Crippen LogP contribution in [0.3, 0.4) is 0 Å². The second-order valence-electron chi connectivity index (χ2n) is 11.8. The van der Waals surface area contributed by atoms with E-state index in [2.05, 4.69) is 153 Å². The highest BCUT2D eigenvalue weighted by atomic mass is 16.3. The van der Waals surface area contributed by atoms with Crippen molar-refractivity contribution in [2.75, 3.05) is 0 Å². The molecule has 5 atom stereocenters. The number of nitrogens with one attached hydrogen (secondary N) is 1. The molecular weight excluding hydrogens is 540 g/mol. The van der Waals surface area contributed by atoms with Crippen LogP contribution < -0.4 is 5.32 Å². The van der Waals surface area contributed by atoms with Gasteiger partial charge < -0.3 is 8.98 Å². The first-order valence-electron chi connectivity index (χ1n) is 15.2. The minimum absolute atomic E-state index is 0.0444. The Bertz CT molecular complexity index is 2360. The van der Waals surface area contributed by atoms with Crippen LogP contribution in [-0.4, -0.2) is 14.6 Å². The van der Waals surface area contributed by atoms with Crippen molar-refractivity contribution in [2.24, 2.45) is 0 Å². The van der Waals surface area contributed by atoms with Crippen LogP contribution in [0.15, 0.2) is 150 Å². The topological polar surface area (TPSA) is 36.1 Å². The summed E-state index contributed by atoms with van der Waals surface area (Å²) >= 11 is 0. The van der Waals surface area contributed by atoms with Gasteiger partial charge in [0.15, 0.2) is 0 Å². The van der Waals surface area contributed by atoms with Gasteiger partial charge in [-0.05, 0) is 53.1 Å². The van der Waals surface area contributed by atoms with Crippen molar-refractivity contribution in [1.29, 1.82) is 0 Å². The highest BCUT2D eigenvalue weighted by Gasteiger charge is 2.60. The van der Waals surface area contributed by atoms with Gasteiger partial charge in [0, 0.05) is 27.2 Å². The van der Waals surface area contributed by atoms with E-state index in [0.29, 0.717) is 0 Å². The quantitative estimate of drug-likeness (QED) is 0.215. The predicted octanol–water partition coefficient (Wildman–Crippen LogP) is 9.22. The minimum Gasteiger partial charge on any atom is -0.456 e. The van der Waals surface area contributed by atoms with Gasteiger partial charge in [-0.25, -0.2) is 0 Å². The fourth-order valence-corrected chi connectivity index (χ4v) is 7.41. The van der Waals surface area contributed by atoms with Gasteiger partial charge in [0.2, 0.25) is 0 Å². The Balaban J connectivity index is 1.13. The molecule has 0 saturated carbocycles. The summed E-state index contributed by atoms with van der Waals surface area (Å²) in [6, 6.07) is 52.1. The molecule has 0 radical (unpaired) electrons. The number of aromatic nitrogens is 1. The lowest BCUT2D eigenvalue weighted by Gasteiger charge is -2.21. The second kappa shape index (κ2) is 9.15. The van der Waals surface area contributed by atoms with Crippen LogP contribution in [0.25, 0.3) is 49.4 Å². The molecule has 44 heavy (non-hydrogen) atoms. The van der Waals surface area contributed by atoms with Gasteiger partial charge in [-0.3, -0.25) is 5.32 Å². The van der Waals surface area contributed by atoms with Crippen LogP contribution >= 0.6 is 0 Å². The molecular formula is C39H28N4O. The van der Waals surface area contributed by atoms with Gasteiger partial charge in [-0.15, -0.1) is 0 Å². The summed E-state index contributed by atoms with van der Waals surface area (Å²) in [5, 5.41) is 13.6. The first kappa shape index (κ1) is 24.3. The van der Waals surface area contributed by atoms with E-state index in [0.717, 1.165) is 27.6 Å². The Morgan fingerprint density at radius 3 is 1.93 bits per heavy atom. The van der Waals surface area contributed by atoms with Gasteiger partial charge >= 0.3 is 0 Å². The molecule has 5 heteroatoms. The van der Waals surface area contributed by atoms with Gasteiger partial charge in [-0.1, -0.05) is 109 Å². The molecule has 5 nitrogen and oxygen atoms in total. The highest BCUT2D eigenvalue weighted by Crippen LogP contribution is 2.57. The SMILES string of the molecule is c1ccc(C2NC(c3cccc(-n4c5ccccc5c5cc6oc7ccccc7c6cc54)c3)N3C(c4ccccc4)N23)cc1. The number of para-hydroxylation sites is 2. The van der Waals surface area contributed by atoms with Crippen molar-refractivity contribution in [3.8, 4) is 5.69 Å². The highest BCUT2D eigenvalue weighted by molar-refractivity contribution is 6.17. The number of hydrogen-bond acceptors (Lipinski definition) is 4. The number of fused-ring (bicyclic) bond motifs is 7. The molecule has 210 valence electrons. The molecule has 1 N–H and O–H groups in total. The van der Waals surface area contributed by atoms with Crippen molar-refractivity contribution in [1.82, 2.24) is 19.9 Å². The number of nitrogens with zero attached hydrogens (tertiary/aromatic N) is 3. The monoisotopic (exact) mass is 568 g/mol. The van der Waals surface area contributed by atoms with Crippen molar-refractivity contribution >= 4 is 43.7 Å². The normalized spacial score (nSPS) is 22.7. The number of hydrazine groups is 1. The Morgan fingerprint density at radius 2 is 1.11 bits per heavy atom. The number of furan rings is 1. The van der Waals surface area contributed by atoms with Crippen LogP contribution in [0.1, 0.15) is 35.2 Å². The molecule has 0 aliphatic carbocycles. The number of benzene rings is 6. The van der Waals surface area contributed by atoms with Crippen LogP contribution in [0.2, 0.25) is 0 Å². The summed E-state index contributed by atoms with van der Waals surface area (Å²) in [6.07, 6.45) is 0.376. The van der Waals surface area contributed by atoms with Gasteiger partial charge in [0.05, 0.1) is 11.0 Å². The lowest BCUT2D eigenvalue weighted by atomic mass is 10.1. The molecule has 0 amide bonds. The Morgan fingerprint density at radius 1 is 0.455 bits per heavy atom. The van der Waals surface area contributed by atoms with Crippen molar-refractivity contribution in [3.63, 3.8) is 0 Å². The average molecular weight is 569 g/mol. The van der Waals surface area contributed by atoms with E-state index < -0.39 is 0 Å². The summed E-state index contributed by atoms with van der Waals surface area (Å²) < 4.78 is 8.70. The number of rotatable bonds is 4. The number of hydrogen-bond donors (Lipinski definition) is 1. The Hall–Kier alpha value is -5.20. The van der Waals surface area contributed by atoms with Crippen molar-refractivity contribution < 1.29 is 4.42 Å². The van der Waals surface area contributed by atoms with Gasteiger partial charge in [-0.2, -0.15) is 10.0 Å². The molecule has 2 aromatic heterocycles. The third kappa shape index (κ3) is 3.46. The molecule has 5 unspecified atom stereocenters. The fraction of sp³-hybridized carbons (Fsp3) is 0.0769.